The number of hydrogen-bond acceptors (Lipinski definition) is 4. The Hall–Kier alpha value is -1.79. The molecule has 3 heterocycles. The van der Waals surface area contributed by atoms with Crippen molar-refractivity contribution in [2.24, 2.45) is 5.92 Å². The summed E-state index contributed by atoms with van der Waals surface area (Å²) in [5.41, 5.74) is 0.600. The fourth-order valence-electron chi connectivity index (χ4n) is 3.47. The highest BCUT2D eigenvalue weighted by Gasteiger charge is 2.34. The molecule has 3 rings (SSSR count). The highest BCUT2D eigenvalue weighted by molar-refractivity contribution is 5.78. The average Bonchev–Trinajstić information content (AvgIpc) is 2.78. The van der Waals surface area contributed by atoms with Gasteiger partial charge in [0.25, 0.3) is 0 Å². The Morgan fingerprint density at radius 1 is 1.42 bits per heavy atom. The maximum absolute atomic E-state index is 12.9. The van der Waals surface area contributed by atoms with Crippen molar-refractivity contribution in [3.05, 3.63) is 42.5 Å². The third-order valence-electron chi connectivity index (χ3n) is 4.79. The summed E-state index contributed by atoms with van der Waals surface area (Å²) in [6.07, 6.45) is 4.33. The number of hydrogen-bond donors (Lipinski definition) is 0. The Balaban J connectivity index is 1.57. The molecule has 6 heteroatoms. The summed E-state index contributed by atoms with van der Waals surface area (Å²) in [6.45, 7) is 8.66. The van der Waals surface area contributed by atoms with E-state index in [1.807, 2.05) is 11.0 Å². The van der Waals surface area contributed by atoms with Gasteiger partial charge < -0.3 is 9.64 Å². The van der Waals surface area contributed by atoms with E-state index in [1.54, 1.807) is 6.07 Å². The van der Waals surface area contributed by atoms with Crippen LogP contribution in [0.25, 0.3) is 0 Å². The minimum absolute atomic E-state index is 0.0309. The number of halogens is 1. The number of pyridine rings is 1. The summed E-state index contributed by atoms with van der Waals surface area (Å²) in [5, 5.41) is 0. The molecule has 130 valence electrons. The van der Waals surface area contributed by atoms with Crippen molar-refractivity contribution in [3.63, 3.8) is 0 Å². The number of piperidine rings is 1. The molecule has 0 saturated carbocycles. The van der Waals surface area contributed by atoms with Gasteiger partial charge in [-0.3, -0.25) is 14.7 Å². The van der Waals surface area contributed by atoms with E-state index in [4.69, 9.17) is 4.74 Å². The summed E-state index contributed by atoms with van der Waals surface area (Å²) >= 11 is 0. The molecule has 5 nitrogen and oxygen atoms in total. The van der Waals surface area contributed by atoms with Gasteiger partial charge in [-0.1, -0.05) is 6.08 Å². The van der Waals surface area contributed by atoms with Crippen LogP contribution in [-0.2, 0) is 16.0 Å². The van der Waals surface area contributed by atoms with E-state index >= 15 is 0 Å². The van der Waals surface area contributed by atoms with E-state index in [0.717, 1.165) is 38.8 Å². The van der Waals surface area contributed by atoms with Crippen LogP contribution >= 0.6 is 0 Å². The van der Waals surface area contributed by atoms with Crippen LogP contribution in [0.3, 0.4) is 0 Å². The van der Waals surface area contributed by atoms with Gasteiger partial charge in [0, 0.05) is 44.3 Å². The summed E-state index contributed by atoms with van der Waals surface area (Å²) in [5.74, 6) is 0.103. The van der Waals surface area contributed by atoms with Gasteiger partial charge in [0.05, 0.1) is 25.3 Å². The first-order valence-corrected chi connectivity index (χ1v) is 8.49. The number of carbonyl (C=O) groups is 1. The zero-order chi connectivity index (χ0) is 16.9. The fourth-order valence-corrected chi connectivity index (χ4v) is 3.47. The molecule has 0 radical (unpaired) electrons. The molecule has 24 heavy (non-hydrogen) atoms. The van der Waals surface area contributed by atoms with Gasteiger partial charge in [-0.15, -0.1) is 6.58 Å². The molecule has 2 fully saturated rings. The number of carbonyl (C=O) groups excluding carboxylic acids is 1. The average molecular weight is 333 g/mol. The van der Waals surface area contributed by atoms with Crippen LogP contribution in [0.5, 0.6) is 0 Å². The molecule has 1 aromatic heterocycles. The lowest BCUT2D eigenvalue weighted by atomic mass is 9.93. The topological polar surface area (TPSA) is 45.7 Å². The van der Waals surface area contributed by atoms with E-state index in [0.29, 0.717) is 24.8 Å². The summed E-state index contributed by atoms with van der Waals surface area (Å²) < 4.78 is 18.9. The Kier molecular flexibility index (Phi) is 5.58. The van der Waals surface area contributed by atoms with Crippen LogP contribution in [0.1, 0.15) is 12.1 Å². The molecule has 2 atom stereocenters. The van der Waals surface area contributed by atoms with Gasteiger partial charge >= 0.3 is 0 Å². The molecule has 0 N–H and O–H groups in total. The Morgan fingerprint density at radius 2 is 2.29 bits per heavy atom. The molecule has 2 aliphatic heterocycles. The van der Waals surface area contributed by atoms with Gasteiger partial charge in [-0.25, -0.2) is 4.39 Å². The molecule has 0 unspecified atom stereocenters. The van der Waals surface area contributed by atoms with Crippen LogP contribution in [0.2, 0.25) is 0 Å². The smallest absolute Gasteiger partial charge is 0.228 e. The van der Waals surface area contributed by atoms with Gasteiger partial charge in [-0.2, -0.15) is 0 Å². The lowest BCUT2D eigenvalue weighted by molar-refractivity contribution is -0.136. The Labute approximate surface area is 142 Å². The molecule has 0 aromatic carbocycles. The molecular formula is C18H24FN3O2. The molecule has 1 amide bonds. The monoisotopic (exact) mass is 333 g/mol. The maximum atomic E-state index is 12.9. The van der Waals surface area contributed by atoms with E-state index in [9.17, 15) is 9.18 Å². The first-order valence-electron chi connectivity index (χ1n) is 8.49. The second-order valence-electron chi connectivity index (χ2n) is 6.49. The molecule has 0 aliphatic carbocycles. The standard InChI is InChI=1S/C18H24FN3O2/c1-2-6-21-8-9-24-17-13-22(7-5-14(17)12-21)18(23)10-16-4-3-15(19)11-20-16/h2-4,11,14,17H,1,5-10,12-13H2/t14-,17-/m1/s1. The number of aromatic nitrogens is 1. The minimum Gasteiger partial charge on any atom is -0.375 e. The van der Waals surface area contributed by atoms with Crippen LogP contribution < -0.4 is 0 Å². The largest absolute Gasteiger partial charge is 0.375 e. The quantitative estimate of drug-likeness (QED) is 0.784. The molecular weight excluding hydrogens is 309 g/mol. The van der Waals surface area contributed by atoms with Crippen molar-refractivity contribution in [2.45, 2.75) is 18.9 Å². The van der Waals surface area contributed by atoms with Gasteiger partial charge in [0.15, 0.2) is 0 Å². The summed E-state index contributed by atoms with van der Waals surface area (Å²) in [6, 6.07) is 2.90. The van der Waals surface area contributed by atoms with Crippen LogP contribution in [0.4, 0.5) is 4.39 Å². The van der Waals surface area contributed by atoms with Crippen molar-refractivity contribution in [1.29, 1.82) is 0 Å². The Bertz CT molecular complexity index is 578. The van der Waals surface area contributed by atoms with Crippen molar-refractivity contribution in [3.8, 4) is 0 Å². The maximum Gasteiger partial charge on any atom is 0.228 e. The van der Waals surface area contributed by atoms with Crippen molar-refractivity contribution in [2.75, 3.05) is 39.3 Å². The molecule has 0 spiro atoms. The summed E-state index contributed by atoms with van der Waals surface area (Å²) in [4.78, 5) is 20.7. The zero-order valence-corrected chi connectivity index (χ0v) is 13.9. The highest BCUT2D eigenvalue weighted by atomic mass is 19.1. The first kappa shape index (κ1) is 17.0. The summed E-state index contributed by atoms with van der Waals surface area (Å²) in [7, 11) is 0. The van der Waals surface area contributed by atoms with Crippen LogP contribution in [0.15, 0.2) is 31.0 Å². The van der Waals surface area contributed by atoms with Gasteiger partial charge in [-0.05, 0) is 18.6 Å². The minimum atomic E-state index is -0.386. The van der Waals surface area contributed by atoms with Crippen molar-refractivity contribution < 1.29 is 13.9 Å². The van der Waals surface area contributed by atoms with Gasteiger partial charge in [0.2, 0.25) is 5.91 Å². The predicted molar refractivity (Wildman–Crippen MR) is 89.0 cm³/mol. The number of nitrogens with zero attached hydrogens (tertiary/aromatic N) is 3. The van der Waals surface area contributed by atoms with E-state index in [2.05, 4.69) is 16.5 Å². The number of fused-ring (bicyclic) bond motifs is 1. The van der Waals surface area contributed by atoms with Crippen molar-refractivity contribution >= 4 is 5.91 Å². The molecule has 1 aromatic rings. The number of ether oxygens (including phenoxy) is 1. The third-order valence-corrected chi connectivity index (χ3v) is 4.79. The molecule has 2 aliphatic rings. The lowest BCUT2D eigenvalue weighted by Crippen LogP contribution is -2.49. The van der Waals surface area contributed by atoms with E-state index in [1.165, 1.54) is 6.07 Å². The number of likely N-dealkylation sites (tertiary alicyclic amines) is 1. The Morgan fingerprint density at radius 3 is 3.04 bits per heavy atom. The van der Waals surface area contributed by atoms with E-state index < -0.39 is 0 Å². The normalized spacial score (nSPS) is 25.0. The number of amides is 1. The lowest BCUT2D eigenvalue weighted by Gasteiger charge is -2.38. The van der Waals surface area contributed by atoms with E-state index in [-0.39, 0.29) is 24.2 Å². The fraction of sp³-hybridized carbons (Fsp3) is 0.556. The molecule has 2 saturated heterocycles. The second-order valence-corrected chi connectivity index (χ2v) is 6.49. The van der Waals surface area contributed by atoms with Crippen molar-refractivity contribution in [1.82, 2.24) is 14.8 Å². The highest BCUT2D eigenvalue weighted by Crippen LogP contribution is 2.24. The second kappa shape index (κ2) is 7.85. The van der Waals surface area contributed by atoms with Crippen LogP contribution in [0, 0.1) is 11.7 Å². The third kappa shape index (κ3) is 4.19. The van der Waals surface area contributed by atoms with Gasteiger partial charge in [0.1, 0.15) is 5.82 Å². The predicted octanol–water partition coefficient (Wildman–Crippen LogP) is 1.50. The van der Waals surface area contributed by atoms with Crippen LogP contribution in [-0.4, -0.2) is 66.1 Å². The first-order chi connectivity index (χ1) is 11.7. The molecule has 0 bridgehead atoms. The SMILES string of the molecule is C=CCN1CCO[C@@H]2CN(C(=O)Cc3ccc(F)cn3)CC[C@@H]2C1. The zero-order valence-electron chi connectivity index (χ0n) is 13.9. The number of rotatable bonds is 4.